The van der Waals surface area contributed by atoms with E-state index in [0.717, 1.165) is 31.7 Å². The topological polar surface area (TPSA) is 47.1 Å². The summed E-state index contributed by atoms with van der Waals surface area (Å²) in [6, 6.07) is 12.8. The van der Waals surface area contributed by atoms with Crippen LogP contribution < -0.4 is 5.73 Å². The Morgan fingerprint density at radius 1 is 1.22 bits per heavy atom. The Morgan fingerprint density at radius 2 is 1.91 bits per heavy atom. The lowest BCUT2D eigenvalue weighted by Crippen LogP contribution is -2.35. The highest BCUT2D eigenvalue weighted by molar-refractivity contribution is 5.18. The highest BCUT2D eigenvalue weighted by Crippen LogP contribution is 2.28. The first-order valence-electron chi connectivity index (χ1n) is 8.67. The molecule has 0 bridgehead atoms. The third-order valence-corrected chi connectivity index (χ3v) is 5.03. The molecule has 2 heterocycles. The zero-order chi connectivity index (χ0) is 16.2. The third kappa shape index (κ3) is 4.01. The van der Waals surface area contributed by atoms with Gasteiger partial charge in [0.15, 0.2) is 0 Å². The van der Waals surface area contributed by atoms with Crippen LogP contribution in [0.25, 0.3) is 0 Å². The second kappa shape index (κ2) is 7.28. The van der Waals surface area contributed by atoms with Gasteiger partial charge in [-0.3, -0.25) is 4.68 Å². The third-order valence-electron chi connectivity index (χ3n) is 5.03. The van der Waals surface area contributed by atoms with Gasteiger partial charge in [0.25, 0.3) is 0 Å². The van der Waals surface area contributed by atoms with Crippen LogP contribution >= 0.6 is 0 Å². The molecule has 0 radical (unpaired) electrons. The first kappa shape index (κ1) is 16.2. The molecular weight excluding hydrogens is 284 g/mol. The summed E-state index contributed by atoms with van der Waals surface area (Å²) in [6.07, 6.45) is 3.47. The van der Waals surface area contributed by atoms with E-state index in [1.165, 1.54) is 24.1 Å². The van der Waals surface area contributed by atoms with Crippen molar-refractivity contribution in [1.29, 1.82) is 0 Å². The molecule has 1 fully saturated rings. The van der Waals surface area contributed by atoms with Crippen LogP contribution in [0, 0.1) is 6.92 Å². The van der Waals surface area contributed by atoms with Crippen molar-refractivity contribution in [2.45, 2.75) is 38.1 Å². The zero-order valence-corrected chi connectivity index (χ0v) is 14.3. The maximum Gasteiger partial charge on any atom is 0.0596 e. The van der Waals surface area contributed by atoms with E-state index in [-0.39, 0.29) is 6.04 Å². The van der Waals surface area contributed by atoms with Crippen molar-refractivity contribution in [3.63, 3.8) is 0 Å². The van der Waals surface area contributed by atoms with Gasteiger partial charge >= 0.3 is 0 Å². The Bertz CT molecular complexity index is 612. The van der Waals surface area contributed by atoms with Crippen molar-refractivity contribution in [2.24, 2.45) is 12.8 Å². The molecule has 0 aliphatic carbocycles. The van der Waals surface area contributed by atoms with Gasteiger partial charge in [0.05, 0.1) is 5.69 Å². The summed E-state index contributed by atoms with van der Waals surface area (Å²) in [6.45, 7) is 5.49. The Kier molecular flexibility index (Phi) is 5.13. The number of nitrogens with two attached hydrogens (primary N) is 1. The van der Waals surface area contributed by atoms with Crippen molar-refractivity contribution in [3.05, 3.63) is 53.3 Å². The number of hydrogen-bond donors (Lipinski definition) is 1. The molecule has 2 aromatic rings. The SMILES string of the molecule is Cc1cc(C2CCN(CCC(N)c3ccccc3)CC2)n(C)n1. The Morgan fingerprint density at radius 3 is 2.52 bits per heavy atom. The van der Waals surface area contributed by atoms with E-state index in [9.17, 15) is 0 Å². The first-order valence-corrected chi connectivity index (χ1v) is 8.67. The number of rotatable bonds is 5. The smallest absolute Gasteiger partial charge is 0.0596 e. The summed E-state index contributed by atoms with van der Waals surface area (Å²) < 4.78 is 2.06. The van der Waals surface area contributed by atoms with Crippen molar-refractivity contribution >= 4 is 0 Å². The largest absolute Gasteiger partial charge is 0.324 e. The van der Waals surface area contributed by atoms with Gasteiger partial charge in [0.2, 0.25) is 0 Å². The molecule has 0 amide bonds. The summed E-state index contributed by atoms with van der Waals surface area (Å²) in [5, 5.41) is 4.48. The maximum atomic E-state index is 6.31. The Hall–Kier alpha value is -1.65. The van der Waals surface area contributed by atoms with E-state index in [1.54, 1.807) is 0 Å². The Labute approximate surface area is 139 Å². The molecule has 0 spiro atoms. The van der Waals surface area contributed by atoms with Crippen molar-refractivity contribution in [3.8, 4) is 0 Å². The monoisotopic (exact) mass is 312 g/mol. The average molecular weight is 312 g/mol. The number of nitrogens with zero attached hydrogens (tertiary/aromatic N) is 3. The van der Waals surface area contributed by atoms with E-state index in [0.29, 0.717) is 5.92 Å². The highest BCUT2D eigenvalue weighted by Gasteiger charge is 2.23. The van der Waals surface area contributed by atoms with Crippen LogP contribution in [0.5, 0.6) is 0 Å². The molecular formula is C19H28N4. The molecule has 1 aliphatic rings. The summed E-state index contributed by atoms with van der Waals surface area (Å²) in [5.41, 5.74) is 10.1. The zero-order valence-electron chi connectivity index (χ0n) is 14.3. The quantitative estimate of drug-likeness (QED) is 0.923. The fraction of sp³-hybridized carbons (Fsp3) is 0.526. The van der Waals surface area contributed by atoms with E-state index in [4.69, 9.17) is 5.73 Å². The second-order valence-corrected chi connectivity index (χ2v) is 6.76. The molecule has 23 heavy (non-hydrogen) atoms. The minimum atomic E-state index is 0.147. The lowest BCUT2D eigenvalue weighted by atomic mass is 9.93. The predicted molar refractivity (Wildman–Crippen MR) is 94.3 cm³/mol. The predicted octanol–water partition coefficient (Wildman–Crippen LogP) is 3.00. The number of aromatic nitrogens is 2. The van der Waals surface area contributed by atoms with Crippen LogP contribution in [-0.2, 0) is 7.05 Å². The van der Waals surface area contributed by atoms with Crippen LogP contribution in [0.3, 0.4) is 0 Å². The van der Waals surface area contributed by atoms with E-state index < -0.39 is 0 Å². The fourth-order valence-corrected chi connectivity index (χ4v) is 3.65. The Balaban J connectivity index is 1.47. The lowest BCUT2D eigenvalue weighted by Gasteiger charge is -2.32. The van der Waals surface area contributed by atoms with Crippen LogP contribution in [-0.4, -0.2) is 34.3 Å². The molecule has 1 atom stereocenters. The number of aryl methyl sites for hydroxylation is 2. The molecule has 0 saturated carbocycles. The number of benzene rings is 1. The number of likely N-dealkylation sites (tertiary alicyclic amines) is 1. The summed E-state index contributed by atoms with van der Waals surface area (Å²) >= 11 is 0. The minimum absolute atomic E-state index is 0.147. The van der Waals surface area contributed by atoms with Gasteiger partial charge in [-0.2, -0.15) is 5.10 Å². The summed E-state index contributed by atoms with van der Waals surface area (Å²) in [5.74, 6) is 0.653. The normalized spacial score (nSPS) is 18.2. The summed E-state index contributed by atoms with van der Waals surface area (Å²) in [7, 11) is 2.06. The van der Waals surface area contributed by atoms with Crippen LogP contribution in [0.4, 0.5) is 0 Å². The first-order chi connectivity index (χ1) is 11.1. The van der Waals surface area contributed by atoms with Crippen LogP contribution in [0.2, 0.25) is 0 Å². The van der Waals surface area contributed by atoms with E-state index in [1.807, 2.05) is 6.07 Å². The van der Waals surface area contributed by atoms with Gasteiger partial charge in [-0.25, -0.2) is 0 Å². The molecule has 1 unspecified atom stereocenters. The van der Waals surface area contributed by atoms with Gasteiger partial charge in [-0.1, -0.05) is 30.3 Å². The molecule has 4 heteroatoms. The highest BCUT2D eigenvalue weighted by atomic mass is 15.3. The van der Waals surface area contributed by atoms with Crippen LogP contribution in [0.15, 0.2) is 36.4 Å². The van der Waals surface area contributed by atoms with Gasteiger partial charge < -0.3 is 10.6 Å². The average Bonchev–Trinajstić information content (AvgIpc) is 2.92. The minimum Gasteiger partial charge on any atom is -0.324 e. The molecule has 1 saturated heterocycles. The lowest BCUT2D eigenvalue weighted by molar-refractivity contribution is 0.203. The van der Waals surface area contributed by atoms with E-state index in [2.05, 4.69) is 59.0 Å². The van der Waals surface area contributed by atoms with Gasteiger partial charge in [0, 0.05) is 24.7 Å². The molecule has 4 nitrogen and oxygen atoms in total. The van der Waals surface area contributed by atoms with Crippen molar-refractivity contribution in [1.82, 2.24) is 14.7 Å². The number of hydrogen-bond acceptors (Lipinski definition) is 3. The molecule has 124 valence electrons. The van der Waals surface area contributed by atoms with Crippen molar-refractivity contribution in [2.75, 3.05) is 19.6 Å². The molecule has 3 rings (SSSR count). The van der Waals surface area contributed by atoms with Gasteiger partial charge in [-0.15, -0.1) is 0 Å². The van der Waals surface area contributed by atoms with Crippen molar-refractivity contribution < 1.29 is 0 Å². The van der Waals surface area contributed by atoms with Gasteiger partial charge in [0.1, 0.15) is 0 Å². The van der Waals surface area contributed by atoms with Gasteiger partial charge in [-0.05, 0) is 57.5 Å². The summed E-state index contributed by atoms with van der Waals surface area (Å²) in [4.78, 5) is 2.56. The number of piperidine rings is 1. The molecule has 1 aliphatic heterocycles. The fourth-order valence-electron chi connectivity index (χ4n) is 3.65. The second-order valence-electron chi connectivity index (χ2n) is 6.76. The molecule has 1 aromatic heterocycles. The van der Waals surface area contributed by atoms with Crippen LogP contribution in [0.1, 0.15) is 48.2 Å². The maximum absolute atomic E-state index is 6.31. The van der Waals surface area contributed by atoms with E-state index >= 15 is 0 Å². The molecule has 1 aromatic carbocycles. The molecule has 2 N–H and O–H groups in total. The standard InChI is InChI=1S/C19H28N4/c1-15-14-19(22(2)21-15)17-8-11-23(12-9-17)13-10-18(20)16-6-4-3-5-7-16/h3-7,14,17-18H,8-13,20H2,1-2H3.